The number of hydrogen-bond acceptors (Lipinski definition) is 3. The molecule has 1 aromatic heterocycles. The average Bonchev–Trinajstić information content (AvgIpc) is 2.91. The first-order chi connectivity index (χ1) is 9.72. The lowest BCUT2D eigenvalue weighted by Crippen LogP contribution is -1.86. The quantitative estimate of drug-likeness (QED) is 0.666. The number of benzene rings is 2. The molecule has 3 nitrogen and oxygen atoms in total. The summed E-state index contributed by atoms with van der Waals surface area (Å²) in [5.41, 5.74) is 3.35. The maximum Gasteiger partial charge on any atom is 0.177 e. The maximum atomic E-state index is 11.1. The van der Waals surface area contributed by atoms with Gasteiger partial charge in [0.1, 0.15) is 5.76 Å². The van der Waals surface area contributed by atoms with Gasteiger partial charge in [-0.15, -0.1) is 0 Å². The molecular formula is C17H14O3. The molecule has 100 valence electrons. The van der Waals surface area contributed by atoms with E-state index in [1.165, 1.54) is 0 Å². The summed E-state index contributed by atoms with van der Waals surface area (Å²) in [5, 5.41) is 0.774. The Morgan fingerprint density at radius 2 is 2.00 bits per heavy atom. The van der Waals surface area contributed by atoms with Crippen LogP contribution < -0.4 is 4.74 Å². The van der Waals surface area contributed by atoms with E-state index >= 15 is 0 Å². The van der Waals surface area contributed by atoms with Crippen molar-refractivity contribution < 1.29 is 13.9 Å². The van der Waals surface area contributed by atoms with E-state index in [0.717, 1.165) is 28.6 Å². The van der Waals surface area contributed by atoms with E-state index in [9.17, 15) is 4.79 Å². The lowest BCUT2D eigenvalue weighted by molar-refractivity contribution is 0.112. The molecule has 0 radical (unpaired) electrons. The smallest absolute Gasteiger partial charge is 0.177 e. The first-order valence-electron chi connectivity index (χ1n) is 6.35. The van der Waals surface area contributed by atoms with E-state index in [2.05, 4.69) is 0 Å². The third-order valence-corrected chi connectivity index (χ3v) is 3.33. The molecular weight excluding hydrogens is 252 g/mol. The molecule has 3 rings (SSSR count). The zero-order chi connectivity index (χ0) is 14.1. The summed E-state index contributed by atoms with van der Waals surface area (Å²) < 4.78 is 11.2. The lowest BCUT2D eigenvalue weighted by Gasteiger charge is -2.01. The summed E-state index contributed by atoms with van der Waals surface area (Å²) in [6.45, 7) is 2.03. The van der Waals surface area contributed by atoms with Gasteiger partial charge in [0, 0.05) is 16.5 Å². The summed E-state index contributed by atoms with van der Waals surface area (Å²) in [4.78, 5) is 11.1. The Morgan fingerprint density at radius 3 is 2.70 bits per heavy atom. The average molecular weight is 266 g/mol. The van der Waals surface area contributed by atoms with Crippen LogP contribution in [0.4, 0.5) is 0 Å². The Hall–Kier alpha value is -2.55. The summed E-state index contributed by atoms with van der Waals surface area (Å²) >= 11 is 0. The van der Waals surface area contributed by atoms with E-state index in [1.54, 1.807) is 19.2 Å². The fourth-order valence-electron chi connectivity index (χ4n) is 2.32. The third kappa shape index (κ3) is 1.97. The normalized spacial score (nSPS) is 10.7. The van der Waals surface area contributed by atoms with Crippen LogP contribution in [0, 0.1) is 6.92 Å². The molecule has 2 aromatic carbocycles. The molecule has 0 aliphatic rings. The molecule has 0 unspecified atom stereocenters. The van der Waals surface area contributed by atoms with E-state index in [0.29, 0.717) is 16.9 Å². The third-order valence-electron chi connectivity index (χ3n) is 3.33. The number of fused-ring (bicyclic) bond motifs is 1. The SMILES string of the molecule is COc1ccc(C=O)c2cc(-c3cccc(C)c3)oc12. The highest BCUT2D eigenvalue weighted by Gasteiger charge is 2.13. The lowest BCUT2D eigenvalue weighted by atomic mass is 10.1. The Morgan fingerprint density at radius 1 is 1.15 bits per heavy atom. The molecule has 0 aliphatic heterocycles. The molecule has 0 atom stereocenters. The number of methoxy groups -OCH3 is 1. The van der Waals surface area contributed by atoms with Gasteiger partial charge in [0.2, 0.25) is 0 Å². The van der Waals surface area contributed by atoms with Crippen molar-refractivity contribution in [2.45, 2.75) is 6.92 Å². The number of hydrogen-bond donors (Lipinski definition) is 0. The second-order valence-electron chi connectivity index (χ2n) is 4.70. The van der Waals surface area contributed by atoms with Crippen molar-refractivity contribution >= 4 is 17.3 Å². The molecule has 0 saturated heterocycles. The van der Waals surface area contributed by atoms with Crippen LogP contribution in [0.25, 0.3) is 22.3 Å². The van der Waals surface area contributed by atoms with Gasteiger partial charge >= 0.3 is 0 Å². The summed E-state index contributed by atoms with van der Waals surface area (Å²) in [6.07, 6.45) is 0.831. The van der Waals surface area contributed by atoms with Gasteiger partial charge in [0.25, 0.3) is 0 Å². The minimum absolute atomic E-state index is 0.600. The van der Waals surface area contributed by atoms with Crippen LogP contribution in [0.1, 0.15) is 15.9 Å². The predicted molar refractivity (Wildman–Crippen MR) is 78.3 cm³/mol. The number of furan rings is 1. The number of aryl methyl sites for hydroxylation is 1. The summed E-state index contributed by atoms with van der Waals surface area (Å²) in [6, 6.07) is 13.4. The number of carbonyl (C=O) groups is 1. The molecule has 0 fully saturated rings. The second-order valence-corrected chi connectivity index (χ2v) is 4.70. The van der Waals surface area contributed by atoms with Gasteiger partial charge in [-0.1, -0.05) is 23.8 Å². The Kier molecular flexibility index (Phi) is 3.03. The van der Waals surface area contributed by atoms with Gasteiger partial charge in [-0.3, -0.25) is 4.79 Å². The van der Waals surface area contributed by atoms with Crippen LogP contribution in [0.15, 0.2) is 46.9 Å². The molecule has 3 aromatic rings. The van der Waals surface area contributed by atoms with Crippen molar-refractivity contribution in [1.29, 1.82) is 0 Å². The molecule has 0 saturated carbocycles. The molecule has 3 heteroatoms. The van der Waals surface area contributed by atoms with Gasteiger partial charge in [-0.05, 0) is 31.2 Å². The van der Waals surface area contributed by atoms with E-state index < -0.39 is 0 Å². The number of rotatable bonds is 3. The molecule has 0 N–H and O–H groups in total. The first-order valence-corrected chi connectivity index (χ1v) is 6.35. The molecule has 20 heavy (non-hydrogen) atoms. The fourth-order valence-corrected chi connectivity index (χ4v) is 2.32. The molecule has 0 spiro atoms. The van der Waals surface area contributed by atoms with Gasteiger partial charge in [-0.2, -0.15) is 0 Å². The van der Waals surface area contributed by atoms with Crippen LogP contribution in [0.5, 0.6) is 5.75 Å². The number of aldehydes is 1. The minimum atomic E-state index is 0.600. The highest BCUT2D eigenvalue weighted by molar-refractivity contribution is 6.00. The maximum absolute atomic E-state index is 11.1. The van der Waals surface area contributed by atoms with Gasteiger partial charge in [0.05, 0.1) is 7.11 Å². The topological polar surface area (TPSA) is 39.4 Å². The molecule has 0 aliphatic carbocycles. The highest BCUT2D eigenvalue weighted by Crippen LogP contribution is 2.35. The largest absolute Gasteiger partial charge is 0.493 e. The van der Waals surface area contributed by atoms with Crippen LogP contribution >= 0.6 is 0 Å². The van der Waals surface area contributed by atoms with Crippen molar-refractivity contribution in [3.8, 4) is 17.1 Å². The first kappa shape index (κ1) is 12.5. The van der Waals surface area contributed by atoms with Gasteiger partial charge in [0.15, 0.2) is 17.6 Å². The van der Waals surface area contributed by atoms with E-state index in [4.69, 9.17) is 9.15 Å². The number of ether oxygens (including phenoxy) is 1. The molecule has 0 amide bonds. The van der Waals surface area contributed by atoms with Crippen molar-refractivity contribution in [1.82, 2.24) is 0 Å². The van der Waals surface area contributed by atoms with Crippen molar-refractivity contribution in [3.05, 3.63) is 53.6 Å². The fraction of sp³-hybridized carbons (Fsp3) is 0.118. The Balaban J connectivity index is 2.26. The minimum Gasteiger partial charge on any atom is -0.493 e. The van der Waals surface area contributed by atoms with E-state index in [-0.39, 0.29) is 0 Å². The zero-order valence-electron chi connectivity index (χ0n) is 11.3. The standard InChI is InChI=1S/C17H14O3/c1-11-4-3-5-12(8-11)16-9-14-13(10-18)6-7-15(19-2)17(14)20-16/h3-10H,1-2H3. The van der Waals surface area contributed by atoms with E-state index in [1.807, 2.05) is 37.3 Å². The molecule has 1 heterocycles. The number of carbonyl (C=O) groups excluding carboxylic acids is 1. The predicted octanol–water partition coefficient (Wildman–Crippen LogP) is 4.23. The highest BCUT2D eigenvalue weighted by atomic mass is 16.5. The second kappa shape index (κ2) is 4.85. The van der Waals surface area contributed by atoms with Crippen molar-refractivity contribution in [3.63, 3.8) is 0 Å². The van der Waals surface area contributed by atoms with Crippen LogP contribution in [0.2, 0.25) is 0 Å². The van der Waals surface area contributed by atoms with Crippen molar-refractivity contribution in [2.24, 2.45) is 0 Å². The Bertz CT molecular complexity index is 784. The van der Waals surface area contributed by atoms with Gasteiger partial charge < -0.3 is 9.15 Å². The van der Waals surface area contributed by atoms with Crippen LogP contribution in [-0.4, -0.2) is 13.4 Å². The monoisotopic (exact) mass is 266 g/mol. The summed E-state index contributed by atoms with van der Waals surface area (Å²) in [5.74, 6) is 1.36. The Labute approximate surface area is 116 Å². The zero-order valence-corrected chi connectivity index (χ0v) is 11.3. The molecule has 0 bridgehead atoms. The van der Waals surface area contributed by atoms with Gasteiger partial charge in [-0.25, -0.2) is 0 Å². The summed E-state index contributed by atoms with van der Waals surface area (Å²) in [7, 11) is 1.59. The van der Waals surface area contributed by atoms with Crippen LogP contribution in [0.3, 0.4) is 0 Å². The van der Waals surface area contributed by atoms with Crippen LogP contribution in [-0.2, 0) is 0 Å². The van der Waals surface area contributed by atoms with Crippen molar-refractivity contribution in [2.75, 3.05) is 7.11 Å².